The van der Waals surface area contributed by atoms with Crippen molar-refractivity contribution in [1.82, 2.24) is 15.2 Å². The Balaban J connectivity index is 1.26. The lowest BCUT2D eigenvalue weighted by Crippen LogP contribution is -2.48. The molecule has 0 atom stereocenters. The number of ether oxygens (including phenoxy) is 2. The molecule has 1 amide bonds. The molecule has 0 radical (unpaired) electrons. The summed E-state index contributed by atoms with van der Waals surface area (Å²) in [5.74, 6) is 1.39. The van der Waals surface area contributed by atoms with Crippen molar-refractivity contribution in [3.63, 3.8) is 0 Å². The normalized spacial score (nSPS) is 14.6. The predicted molar refractivity (Wildman–Crippen MR) is 125 cm³/mol. The summed E-state index contributed by atoms with van der Waals surface area (Å²) >= 11 is 1.72. The fourth-order valence-electron chi connectivity index (χ4n) is 3.70. The van der Waals surface area contributed by atoms with Crippen LogP contribution < -0.4 is 19.7 Å². The van der Waals surface area contributed by atoms with Crippen molar-refractivity contribution in [2.75, 3.05) is 57.9 Å². The van der Waals surface area contributed by atoms with E-state index in [0.717, 1.165) is 53.8 Å². The lowest BCUT2D eigenvalue weighted by Gasteiger charge is -2.34. The summed E-state index contributed by atoms with van der Waals surface area (Å²) in [5.41, 5.74) is 1.59. The largest absolute Gasteiger partial charge is 0.496 e. The Morgan fingerprint density at radius 2 is 1.97 bits per heavy atom. The monoisotopic (exact) mass is 440 g/mol. The number of carbonyl (C=O) groups excluding carboxylic acids is 1. The van der Waals surface area contributed by atoms with E-state index in [9.17, 15) is 4.79 Å². The molecule has 2 aromatic carbocycles. The number of methoxy groups -OCH3 is 1. The fourth-order valence-corrected chi connectivity index (χ4v) is 4.75. The zero-order chi connectivity index (χ0) is 21.6. The molecular weight excluding hydrogens is 412 g/mol. The van der Waals surface area contributed by atoms with Gasteiger partial charge in [-0.05, 0) is 37.3 Å². The van der Waals surface area contributed by atoms with Crippen LogP contribution in [0.15, 0.2) is 42.5 Å². The molecule has 1 fully saturated rings. The van der Waals surface area contributed by atoms with Crippen molar-refractivity contribution in [3.8, 4) is 11.5 Å². The molecule has 8 heteroatoms. The molecule has 31 heavy (non-hydrogen) atoms. The number of anilines is 1. The lowest BCUT2D eigenvalue weighted by molar-refractivity contribution is 0.0944. The number of nitrogens with zero attached hydrogens (tertiary/aromatic N) is 3. The molecule has 4 rings (SSSR count). The Labute approximate surface area is 186 Å². The zero-order valence-corrected chi connectivity index (χ0v) is 18.8. The molecule has 1 aliphatic rings. The Kier molecular flexibility index (Phi) is 6.89. The zero-order valence-electron chi connectivity index (χ0n) is 18.0. The molecule has 0 spiro atoms. The van der Waals surface area contributed by atoms with Crippen LogP contribution in [0.25, 0.3) is 10.2 Å². The van der Waals surface area contributed by atoms with Crippen LogP contribution in [0, 0.1) is 0 Å². The van der Waals surface area contributed by atoms with Gasteiger partial charge in [-0.25, -0.2) is 4.98 Å². The number of piperazine rings is 1. The number of aromatic nitrogens is 1. The van der Waals surface area contributed by atoms with Gasteiger partial charge in [0, 0.05) is 39.3 Å². The van der Waals surface area contributed by atoms with E-state index in [-0.39, 0.29) is 5.91 Å². The van der Waals surface area contributed by atoms with Crippen LogP contribution in [0.1, 0.15) is 17.3 Å². The topological polar surface area (TPSA) is 66.9 Å². The van der Waals surface area contributed by atoms with Gasteiger partial charge in [-0.15, -0.1) is 0 Å². The number of hydrogen-bond donors (Lipinski definition) is 1. The predicted octanol–water partition coefficient (Wildman–Crippen LogP) is 3.26. The summed E-state index contributed by atoms with van der Waals surface area (Å²) in [5, 5.41) is 4.06. The maximum absolute atomic E-state index is 12.4. The van der Waals surface area contributed by atoms with Gasteiger partial charge < -0.3 is 19.7 Å². The van der Waals surface area contributed by atoms with Crippen LogP contribution in [0.2, 0.25) is 0 Å². The summed E-state index contributed by atoms with van der Waals surface area (Å²) in [6.45, 7) is 7.85. The molecule has 1 aliphatic heterocycles. The molecule has 0 saturated carbocycles. The number of carbonyl (C=O) groups is 1. The van der Waals surface area contributed by atoms with Crippen LogP contribution in [0.5, 0.6) is 11.5 Å². The van der Waals surface area contributed by atoms with E-state index >= 15 is 0 Å². The minimum absolute atomic E-state index is 0.100. The van der Waals surface area contributed by atoms with Crippen molar-refractivity contribution in [2.24, 2.45) is 0 Å². The maximum Gasteiger partial charge on any atom is 0.255 e. The summed E-state index contributed by atoms with van der Waals surface area (Å²) < 4.78 is 12.0. The van der Waals surface area contributed by atoms with Crippen LogP contribution in [-0.4, -0.2) is 68.8 Å². The van der Waals surface area contributed by atoms with Crippen molar-refractivity contribution in [3.05, 3.63) is 48.0 Å². The average Bonchev–Trinajstić information content (AvgIpc) is 3.23. The number of hydrogen-bond acceptors (Lipinski definition) is 7. The molecule has 3 aromatic rings. The number of fused-ring (bicyclic) bond motifs is 1. The van der Waals surface area contributed by atoms with Gasteiger partial charge in [0.25, 0.3) is 5.91 Å². The quantitative estimate of drug-likeness (QED) is 0.580. The molecule has 1 aromatic heterocycles. The van der Waals surface area contributed by atoms with Gasteiger partial charge in [-0.2, -0.15) is 0 Å². The number of amides is 1. The maximum atomic E-state index is 12.4. The second-order valence-electron chi connectivity index (χ2n) is 7.34. The van der Waals surface area contributed by atoms with Gasteiger partial charge in [-0.3, -0.25) is 9.69 Å². The molecule has 0 bridgehead atoms. The van der Waals surface area contributed by atoms with Gasteiger partial charge in [-0.1, -0.05) is 23.5 Å². The fraction of sp³-hybridized carbons (Fsp3) is 0.391. The summed E-state index contributed by atoms with van der Waals surface area (Å²) in [6, 6.07) is 13.4. The molecule has 164 valence electrons. The van der Waals surface area contributed by atoms with Gasteiger partial charge >= 0.3 is 0 Å². The third kappa shape index (κ3) is 5.08. The van der Waals surface area contributed by atoms with E-state index in [0.29, 0.717) is 24.5 Å². The molecule has 1 saturated heterocycles. The highest BCUT2D eigenvalue weighted by Crippen LogP contribution is 2.32. The lowest BCUT2D eigenvalue weighted by atomic mass is 10.2. The third-order valence-corrected chi connectivity index (χ3v) is 6.45. The SMILES string of the molecule is CCOc1ccc2nc(N3CCN(CCNC(=O)c4ccccc4OC)CC3)sc2c1. The van der Waals surface area contributed by atoms with Gasteiger partial charge in [0.15, 0.2) is 5.13 Å². The average molecular weight is 441 g/mol. The molecule has 1 N–H and O–H groups in total. The first-order valence-corrected chi connectivity index (χ1v) is 11.4. The minimum Gasteiger partial charge on any atom is -0.496 e. The third-order valence-electron chi connectivity index (χ3n) is 5.37. The van der Waals surface area contributed by atoms with Crippen LogP contribution in [0.3, 0.4) is 0 Å². The highest BCUT2D eigenvalue weighted by molar-refractivity contribution is 7.22. The first-order valence-electron chi connectivity index (χ1n) is 10.6. The number of nitrogens with one attached hydrogen (secondary N) is 1. The number of rotatable bonds is 8. The Bertz CT molecular complexity index is 1030. The van der Waals surface area contributed by atoms with E-state index in [1.807, 2.05) is 31.2 Å². The standard InChI is InChI=1S/C23H28N4O3S/c1-3-30-17-8-9-19-21(16-17)31-23(25-19)27-14-12-26(13-15-27)11-10-24-22(28)18-6-4-5-7-20(18)29-2/h4-9,16H,3,10-15H2,1-2H3,(H,24,28). The van der Waals surface area contributed by atoms with Crippen LogP contribution in [0.4, 0.5) is 5.13 Å². The molecule has 0 aliphatic carbocycles. The number of benzene rings is 2. The van der Waals surface area contributed by atoms with Crippen molar-refractivity contribution in [2.45, 2.75) is 6.92 Å². The molecule has 7 nitrogen and oxygen atoms in total. The summed E-state index contributed by atoms with van der Waals surface area (Å²) in [7, 11) is 1.58. The summed E-state index contributed by atoms with van der Waals surface area (Å²) in [6.07, 6.45) is 0. The van der Waals surface area contributed by atoms with E-state index in [4.69, 9.17) is 14.5 Å². The van der Waals surface area contributed by atoms with Gasteiger partial charge in [0.1, 0.15) is 11.5 Å². The number of thiazole rings is 1. The van der Waals surface area contributed by atoms with E-state index in [1.54, 1.807) is 30.6 Å². The minimum atomic E-state index is -0.100. The number of para-hydroxylation sites is 1. The van der Waals surface area contributed by atoms with E-state index in [1.165, 1.54) is 0 Å². The highest BCUT2D eigenvalue weighted by atomic mass is 32.1. The van der Waals surface area contributed by atoms with Crippen molar-refractivity contribution in [1.29, 1.82) is 0 Å². The van der Waals surface area contributed by atoms with E-state index in [2.05, 4.69) is 21.2 Å². The van der Waals surface area contributed by atoms with Crippen molar-refractivity contribution < 1.29 is 14.3 Å². The first kappa shape index (κ1) is 21.4. The Hall–Kier alpha value is -2.84. The molecule has 2 heterocycles. The smallest absolute Gasteiger partial charge is 0.255 e. The van der Waals surface area contributed by atoms with Gasteiger partial charge in [0.05, 0.1) is 29.5 Å². The highest BCUT2D eigenvalue weighted by Gasteiger charge is 2.20. The second-order valence-corrected chi connectivity index (χ2v) is 8.35. The first-order chi connectivity index (χ1) is 15.2. The Morgan fingerprint density at radius 3 is 2.74 bits per heavy atom. The second kappa shape index (κ2) is 9.98. The molecule has 0 unspecified atom stereocenters. The van der Waals surface area contributed by atoms with Crippen LogP contribution in [-0.2, 0) is 0 Å². The summed E-state index contributed by atoms with van der Waals surface area (Å²) in [4.78, 5) is 21.9. The Morgan fingerprint density at radius 1 is 1.16 bits per heavy atom. The van der Waals surface area contributed by atoms with E-state index < -0.39 is 0 Å². The molecular formula is C23H28N4O3S. The van der Waals surface area contributed by atoms with Crippen LogP contribution >= 0.6 is 11.3 Å². The van der Waals surface area contributed by atoms with Gasteiger partial charge in [0.2, 0.25) is 0 Å². The van der Waals surface area contributed by atoms with Crippen molar-refractivity contribution >= 4 is 32.6 Å².